The van der Waals surface area contributed by atoms with Gasteiger partial charge in [-0.3, -0.25) is 9.59 Å². The molecule has 0 radical (unpaired) electrons. The van der Waals surface area contributed by atoms with Crippen LogP contribution in [0.25, 0.3) is 21.8 Å². The number of hydrogen-bond donors (Lipinski definition) is 0. The second-order valence-corrected chi connectivity index (χ2v) is 11.6. The number of aryl methyl sites for hydroxylation is 1. The predicted molar refractivity (Wildman–Crippen MR) is 172 cm³/mol. The van der Waals surface area contributed by atoms with Crippen LogP contribution in [0.3, 0.4) is 0 Å². The summed E-state index contributed by atoms with van der Waals surface area (Å²) in [5.41, 5.74) is 3.19. The molecule has 0 saturated heterocycles. The Bertz CT molecular complexity index is 1590. The van der Waals surface area contributed by atoms with Gasteiger partial charge in [0.2, 0.25) is 11.6 Å². The van der Waals surface area contributed by atoms with E-state index in [0.29, 0.717) is 36.4 Å². The number of Topliss-reactive ketones (excluding diaryl/α,β-unsaturated/α-hetero) is 2. The molecule has 1 heterocycles. The molecule has 1 fully saturated rings. The van der Waals surface area contributed by atoms with Gasteiger partial charge in [-0.1, -0.05) is 68.6 Å². The van der Waals surface area contributed by atoms with Crippen molar-refractivity contribution in [3.8, 4) is 0 Å². The van der Waals surface area contributed by atoms with Gasteiger partial charge >= 0.3 is 11.9 Å². The Kier molecular flexibility index (Phi) is 11.6. The molecule has 1 aromatic heterocycles. The number of aromatic nitrogens is 1. The maximum absolute atomic E-state index is 13.8. The first-order chi connectivity index (χ1) is 21.2. The first-order valence-corrected chi connectivity index (χ1v) is 15.9. The van der Waals surface area contributed by atoms with Crippen molar-refractivity contribution in [2.45, 2.75) is 105 Å². The number of unbranched alkanes of at least 4 members (excludes halogenated alkanes) is 3. The van der Waals surface area contributed by atoms with E-state index in [2.05, 4.69) is 21.8 Å². The zero-order valence-electron chi connectivity index (χ0n) is 26.3. The fourth-order valence-corrected chi connectivity index (χ4v) is 6.06. The Morgan fingerprint density at radius 3 is 1.82 bits per heavy atom. The summed E-state index contributed by atoms with van der Waals surface area (Å²) in [5.74, 6) is -1.39. The van der Waals surface area contributed by atoms with Crippen molar-refractivity contribution in [3.63, 3.8) is 0 Å². The standard InChI is InChI=1S/C35H43N3O6/c1-5-7-8-12-15-30(36-43-23(3)39)34(41)26-16-18-32-28(21-26)29-22-27(17-19-33(29)38(32)6-2)35(42)31(37-44-24(4)40)20-25-13-10-9-11-14-25/h16-19,21-22,25H,5-15,20H2,1-4H3/b36-30+,37-31+. The minimum absolute atomic E-state index is 0.208. The Labute approximate surface area is 258 Å². The summed E-state index contributed by atoms with van der Waals surface area (Å²) >= 11 is 0. The lowest BCUT2D eigenvalue weighted by Crippen LogP contribution is -2.21. The number of rotatable bonds is 14. The molecule has 1 aliphatic rings. The highest BCUT2D eigenvalue weighted by Crippen LogP contribution is 2.32. The largest absolute Gasteiger partial charge is 0.341 e. The number of hydrogen-bond acceptors (Lipinski definition) is 8. The van der Waals surface area contributed by atoms with Crippen molar-refractivity contribution in [2.24, 2.45) is 16.2 Å². The molecule has 0 unspecified atom stereocenters. The van der Waals surface area contributed by atoms with Gasteiger partial charge in [0, 0.05) is 53.3 Å². The number of fused-ring (bicyclic) bond motifs is 3. The zero-order valence-corrected chi connectivity index (χ0v) is 26.3. The second-order valence-electron chi connectivity index (χ2n) is 11.6. The third-order valence-corrected chi connectivity index (χ3v) is 8.27. The Hall–Kier alpha value is -4.14. The van der Waals surface area contributed by atoms with Crippen molar-refractivity contribution in [3.05, 3.63) is 47.5 Å². The van der Waals surface area contributed by atoms with Gasteiger partial charge in [-0.15, -0.1) is 0 Å². The summed E-state index contributed by atoms with van der Waals surface area (Å²) in [5, 5.41) is 9.56. The average molecular weight is 602 g/mol. The molecule has 234 valence electrons. The van der Waals surface area contributed by atoms with E-state index >= 15 is 0 Å². The van der Waals surface area contributed by atoms with Gasteiger partial charge in [-0.25, -0.2) is 9.59 Å². The van der Waals surface area contributed by atoms with E-state index in [1.807, 2.05) is 31.2 Å². The summed E-state index contributed by atoms with van der Waals surface area (Å²) in [6.07, 6.45) is 10.2. The molecule has 0 amide bonds. The molecule has 2 aromatic carbocycles. The summed E-state index contributed by atoms with van der Waals surface area (Å²) in [6, 6.07) is 11.0. The number of carbonyl (C=O) groups excluding carboxylic acids is 4. The third-order valence-electron chi connectivity index (χ3n) is 8.27. The lowest BCUT2D eigenvalue weighted by atomic mass is 9.84. The molecular weight excluding hydrogens is 558 g/mol. The van der Waals surface area contributed by atoms with E-state index in [9.17, 15) is 19.2 Å². The number of benzene rings is 2. The van der Waals surface area contributed by atoms with Crippen LogP contribution in [0, 0.1) is 5.92 Å². The van der Waals surface area contributed by atoms with Gasteiger partial charge in [0.05, 0.1) is 0 Å². The van der Waals surface area contributed by atoms with Crippen LogP contribution in [0.15, 0.2) is 46.7 Å². The van der Waals surface area contributed by atoms with Crippen molar-refractivity contribution >= 4 is 56.7 Å². The summed E-state index contributed by atoms with van der Waals surface area (Å²) < 4.78 is 2.14. The molecule has 0 atom stereocenters. The van der Waals surface area contributed by atoms with E-state index in [1.165, 1.54) is 20.3 Å². The second kappa shape index (κ2) is 15.5. The van der Waals surface area contributed by atoms with Gasteiger partial charge in [0.1, 0.15) is 11.4 Å². The first kappa shape index (κ1) is 32.8. The van der Waals surface area contributed by atoms with Crippen molar-refractivity contribution in [1.29, 1.82) is 0 Å². The lowest BCUT2D eigenvalue weighted by molar-refractivity contribution is -0.141. The summed E-state index contributed by atoms with van der Waals surface area (Å²) in [7, 11) is 0. The van der Waals surface area contributed by atoms with Crippen molar-refractivity contribution in [2.75, 3.05) is 0 Å². The normalized spacial score (nSPS) is 14.6. The molecule has 9 heteroatoms. The monoisotopic (exact) mass is 601 g/mol. The summed E-state index contributed by atoms with van der Waals surface area (Å²) in [6.45, 7) is 7.38. The van der Waals surface area contributed by atoms with Gasteiger partial charge in [-0.2, -0.15) is 0 Å². The molecule has 0 aliphatic heterocycles. The van der Waals surface area contributed by atoms with Crippen LogP contribution >= 0.6 is 0 Å². The highest BCUT2D eigenvalue weighted by Gasteiger charge is 2.24. The van der Waals surface area contributed by atoms with Gasteiger partial charge in [0.25, 0.3) is 0 Å². The first-order valence-electron chi connectivity index (χ1n) is 15.9. The molecule has 9 nitrogen and oxygen atoms in total. The lowest BCUT2D eigenvalue weighted by Gasteiger charge is -2.21. The van der Waals surface area contributed by atoms with Crippen LogP contribution in [-0.2, 0) is 25.8 Å². The van der Waals surface area contributed by atoms with Crippen LogP contribution in [0.2, 0.25) is 0 Å². The van der Waals surface area contributed by atoms with Crippen LogP contribution < -0.4 is 0 Å². The van der Waals surface area contributed by atoms with E-state index in [-0.39, 0.29) is 23.0 Å². The molecule has 3 aromatic rings. The maximum atomic E-state index is 13.8. The average Bonchev–Trinajstić information content (AvgIpc) is 3.34. The molecule has 0 N–H and O–H groups in total. The van der Waals surface area contributed by atoms with Crippen LogP contribution in [-0.4, -0.2) is 39.5 Å². The SMILES string of the molecule is CCCCCC/C(=N\OC(C)=O)C(=O)c1ccc2c(c1)c1cc(C(=O)/C(CC3CCCCC3)=N/OC(C)=O)ccc1n2CC. The smallest absolute Gasteiger partial charge is 0.331 e. The molecular formula is C35H43N3O6. The number of carbonyl (C=O) groups is 4. The highest BCUT2D eigenvalue weighted by atomic mass is 16.7. The molecule has 1 saturated carbocycles. The van der Waals surface area contributed by atoms with E-state index in [0.717, 1.165) is 73.2 Å². The van der Waals surface area contributed by atoms with E-state index < -0.39 is 11.9 Å². The van der Waals surface area contributed by atoms with E-state index in [1.54, 1.807) is 12.1 Å². The zero-order chi connectivity index (χ0) is 31.6. The van der Waals surface area contributed by atoms with Gasteiger partial charge < -0.3 is 14.2 Å². The Morgan fingerprint density at radius 1 is 0.750 bits per heavy atom. The van der Waals surface area contributed by atoms with Crippen molar-refractivity contribution < 1.29 is 28.9 Å². The molecule has 44 heavy (non-hydrogen) atoms. The quantitative estimate of drug-likeness (QED) is 0.0608. The number of ketones is 2. The molecule has 0 spiro atoms. The Morgan fingerprint density at radius 2 is 1.30 bits per heavy atom. The van der Waals surface area contributed by atoms with Crippen LogP contribution in [0.5, 0.6) is 0 Å². The molecule has 0 bridgehead atoms. The topological polar surface area (TPSA) is 116 Å². The van der Waals surface area contributed by atoms with Crippen LogP contribution in [0.4, 0.5) is 0 Å². The predicted octanol–water partition coefficient (Wildman–Crippen LogP) is 7.96. The summed E-state index contributed by atoms with van der Waals surface area (Å²) in [4.78, 5) is 60.2. The van der Waals surface area contributed by atoms with E-state index in [4.69, 9.17) is 9.68 Å². The fourth-order valence-electron chi connectivity index (χ4n) is 6.06. The Balaban J connectivity index is 1.73. The van der Waals surface area contributed by atoms with Gasteiger partial charge in [0.15, 0.2) is 0 Å². The minimum atomic E-state index is -0.581. The maximum Gasteiger partial charge on any atom is 0.331 e. The van der Waals surface area contributed by atoms with Crippen LogP contribution in [0.1, 0.15) is 119 Å². The van der Waals surface area contributed by atoms with Gasteiger partial charge in [-0.05, 0) is 68.5 Å². The fraction of sp³-hybridized carbons (Fsp3) is 0.486. The number of nitrogens with zero attached hydrogens (tertiary/aromatic N) is 3. The molecule has 4 rings (SSSR count). The number of oxime groups is 2. The third kappa shape index (κ3) is 8.07. The molecule has 1 aliphatic carbocycles. The van der Waals surface area contributed by atoms with Crippen molar-refractivity contribution in [1.82, 2.24) is 4.57 Å². The highest BCUT2D eigenvalue weighted by molar-refractivity contribution is 6.47. The minimum Gasteiger partial charge on any atom is -0.341 e.